The summed E-state index contributed by atoms with van der Waals surface area (Å²) in [6.45, 7) is 2.12. The van der Waals surface area contributed by atoms with E-state index in [0.717, 1.165) is 23.4 Å². The van der Waals surface area contributed by atoms with Gasteiger partial charge in [0.2, 0.25) is 5.88 Å². The average molecular weight is 234 g/mol. The summed E-state index contributed by atoms with van der Waals surface area (Å²) in [7, 11) is 1.62. The summed E-state index contributed by atoms with van der Waals surface area (Å²) in [5.41, 5.74) is 2.33. The minimum Gasteiger partial charge on any atom is -0.481 e. The van der Waals surface area contributed by atoms with E-state index in [2.05, 4.69) is 22.3 Å². The van der Waals surface area contributed by atoms with E-state index in [1.165, 1.54) is 5.69 Å². The fourth-order valence-electron chi connectivity index (χ4n) is 1.40. The molecule has 2 rings (SSSR count). The molecule has 2 heterocycles. The van der Waals surface area contributed by atoms with Crippen molar-refractivity contribution in [2.24, 2.45) is 0 Å². The highest BCUT2D eigenvalue weighted by molar-refractivity contribution is 7.09. The van der Waals surface area contributed by atoms with E-state index in [0.29, 0.717) is 5.88 Å². The lowest BCUT2D eigenvalue weighted by Gasteiger charge is -2.00. The van der Waals surface area contributed by atoms with E-state index in [1.807, 2.05) is 18.3 Å². The molecule has 0 aromatic carbocycles. The first-order chi connectivity index (χ1) is 7.81. The summed E-state index contributed by atoms with van der Waals surface area (Å²) in [5.74, 6) is 0.650. The number of aryl methyl sites for hydroxylation is 1. The molecule has 0 radical (unpaired) electrons. The van der Waals surface area contributed by atoms with Crippen LogP contribution in [0.2, 0.25) is 0 Å². The van der Waals surface area contributed by atoms with Gasteiger partial charge in [-0.25, -0.2) is 9.97 Å². The normalized spacial score (nSPS) is 10.4. The van der Waals surface area contributed by atoms with Crippen molar-refractivity contribution in [3.63, 3.8) is 0 Å². The van der Waals surface area contributed by atoms with Crippen molar-refractivity contribution in [3.8, 4) is 5.88 Å². The van der Waals surface area contributed by atoms with Crippen LogP contribution in [0.5, 0.6) is 5.88 Å². The highest BCUT2D eigenvalue weighted by Crippen LogP contribution is 2.16. The second-order valence-electron chi connectivity index (χ2n) is 3.47. The minimum atomic E-state index is 0.650. The van der Waals surface area contributed by atoms with Gasteiger partial charge in [-0.05, 0) is 12.0 Å². The predicted molar refractivity (Wildman–Crippen MR) is 65.1 cm³/mol. The van der Waals surface area contributed by atoms with Crippen molar-refractivity contribution in [1.29, 1.82) is 0 Å². The predicted octanol–water partition coefficient (Wildman–Crippen LogP) is 2.70. The zero-order valence-corrected chi connectivity index (χ0v) is 10.3. The van der Waals surface area contributed by atoms with Crippen LogP contribution in [0.1, 0.15) is 23.2 Å². The molecule has 0 fully saturated rings. The van der Waals surface area contributed by atoms with Crippen LogP contribution in [0, 0.1) is 0 Å². The van der Waals surface area contributed by atoms with Crippen LogP contribution in [0.3, 0.4) is 0 Å². The maximum atomic E-state index is 5.02. The van der Waals surface area contributed by atoms with E-state index in [9.17, 15) is 0 Å². The molecule has 16 heavy (non-hydrogen) atoms. The molecule has 84 valence electrons. The molecule has 0 atom stereocenters. The third-order valence-electron chi connectivity index (χ3n) is 2.32. The van der Waals surface area contributed by atoms with E-state index in [-0.39, 0.29) is 0 Å². The summed E-state index contributed by atoms with van der Waals surface area (Å²) in [6.07, 6.45) is 3.69. The van der Waals surface area contributed by atoms with Gasteiger partial charge in [0.25, 0.3) is 0 Å². The topological polar surface area (TPSA) is 35.0 Å². The Morgan fingerprint density at radius 2 is 2.25 bits per heavy atom. The second kappa shape index (κ2) is 5.07. The Balaban J connectivity index is 2.08. The van der Waals surface area contributed by atoms with Crippen LogP contribution in [0.4, 0.5) is 0 Å². The van der Waals surface area contributed by atoms with Gasteiger partial charge in [-0.2, -0.15) is 0 Å². The van der Waals surface area contributed by atoms with Crippen LogP contribution in [0.25, 0.3) is 0 Å². The maximum absolute atomic E-state index is 5.02. The Bertz CT molecular complexity index is 450. The maximum Gasteiger partial charge on any atom is 0.212 e. The first kappa shape index (κ1) is 11.1. The Morgan fingerprint density at radius 3 is 2.81 bits per heavy atom. The third-order valence-corrected chi connectivity index (χ3v) is 3.22. The molecule has 2 aromatic rings. The second-order valence-corrected chi connectivity index (χ2v) is 4.41. The first-order valence-corrected chi connectivity index (χ1v) is 6.12. The molecule has 4 heteroatoms. The molecule has 0 N–H and O–H groups in total. The quantitative estimate of drug-likeness (QED) is 0.816. The lowest BCUT2D eigenvalue weighted by atomic mass is 10.2. The molecule has 0 bridgehead atoms. The van der Waals surface area contributed by atoms with Gasteiger partial charge in [-0.15, -0.1) is 11.3 Å². The number of ether oxygens (including phenoxy) is 1. The Labute approximate surface area is 99.1 Å². The van der Waals surface area contributed by atoms with Gasteiger partial charge in [0.15, 0.2) is 0 Å². The molecule has 0 saturated heterocycles. The fraction of sp³-hybridized carbons (Fsp3) is 0.333. The number of thiazole rings is 1. The van der Waals surface area contributed by atoms with Gasteiger partial charge in [0.1, 0.15) is 0 Å². The van der Waals surface area contributed by atoms with Gasteiger partial charge >= 0.3 is 0 Å². The number of hydrogen-bond acceptors (Lipinski definition) is 4. The lowest BCUT2D eigenvalue weighted by Crippen LogP contribution is -1.92. The Kier molecular flexibility index (Phi) is 3.51. The molecule has 0 saturated carbocycles. The van der Waals surface area contributed by atoms with Crippen molar-refractivity contribution >= 4 is 11.3 Å². The number of rotatable bonds is 4. The average Bonchev–Trinajstić information content (AvgIpc) is 2.78. The zero-order chi connectivity index (χ0) is 11.4. The van der Waals surface area contributed by atoms with E-state index >= 15 is 0 Å². The SMILES string of the molecule is CCc1csc(Cc2ccc(OC)nc2)n1. The highest BCUT2D eigenvalue weighted by Gasteiger charge is 2.02. The van der Waals surface area contributed by atoms with Crippen LogP contribution >= 0.6 is 11.3 Å². The zero-order valence-electron chi connectivity index (χ0n) is 9.43. The summed E-state index contributed by atoms with van der Waals surface area (Å²) >= 11 is 1.71. The van der Waals surface area contributed by atoms with Crippen LogP contribution < -0.4 is 4.74 Å². The van der Waals surface area contributed by atoms with Crippen LogP contribution in [0.15, 0.2) is 23.7 Å². The summed E-state index contributed by atoms with van der Waals surface area (Å²) in [5, 5.41) is 3.26. The lowest BCUT2D eigenvalue weighted by molar-refractivity contribution is 0.397. The minimum absolute atomic E-state index is 0.650. The molecule has 2 aromatic heterocycles. The van der Waals surface area contributed by atoms with E-state index < -0.39 is 0 Å². The third kappa shape index (κ3) is 2.58. The van der Waals surface area contributed by atoms with Crippen molar-refractivity contribution in [2.75, 3.05) is 7.11 Å². The number of methoxy groups -OCH3 is 1. The number of pyridine rings is 1. The number of aromatic nitrogens is 2. The van der Waals surface area contributed by atoms with Crippen molar-refractivity contribution < 1.29 is 4.74 Å². The van der Waals surface area contributed by atoms with Gasteiger partial charge in [0, 0.05) is 24.1 Å². The fourth-order valence-corrected chi connectivity index (χ4v) is 2.31. The molecule has 0 aliphatic rings. The van der Waals surface area contributed by atoms with Crippen molar-refractivity contribution in [1.82, 2.24) is 9.97 Å². The smallest absolute Gasteiger partial charge is 0.212 e. The molecular formula is C12H14N2OS. The monoisotopic (exact) mass is 234 g/mol. The molecule has 0 spiro atoms. The van der Waals surface area contributed by atoms with E-state index in [1.54, 1.807) is 18.4 Å². The molecule has 0 unspecified atom stereocenters. The molecule has 0 aliphatic carbocycles. The molecule has 0 aliphatic heterocycles. The Morgan fingerprint density at radius 1 is 1.38 bits per heavy atom. The highest BCUT2D eigenvalue weighted by atomic mass is 32.1. The van der Waals surface area contributed by atoms with Gasteiger partial charge < -0.3 is 4.74 Å². The molecule has 3 nitrogen and oxygen atoms in total. The van der Waals surface area contributed by atoms with Crippen molar-refractivity contribution in [3.05, 3.63) is 40.0 Å². The first-order valence-electron chi connectivity index (χ1n) is 5.24. The van der Waals surface area contributed by atoms with Gasteiger partial charge in [-0.1, -0.05) is 13.0 Å². The summed E-state index contributed by atoms with van der Waals surface area (Å²) in [6, 6.07) is 3.91. The van der Waals surface area contributed by atoms with Crippen molar-refractivity contribution in [2.45, 2.75) is 19.8 Å². The number of nitrogens with zero attached hydrogens (tertiary/aromatic N) is 2. The van der Waals surface area contributed by atoms with Gasteiger partial charge in [-0.3, -0.25) is 0 Å². The largest absolute Gasteiger partial charge is 0.481 e. The number of hydrogen-bond donors (Lipinski definition) is 0. The molecular weight excluding hydrogens is 220 g/mol. The van der Waals surface area contributed by atoms with E-state index in [4.69, 9.17) is 4.74 Å². The van der Waals surface area contributed by atoms with Crippen LogP contribution in [-0.2, 0) is 12.8 Å². The standard InChI is InChI=1S/C12H14N2OS/c1-3-10-8-16-12(14-10)6-9-4-5-11(15-2)13-7-9/h4-5,7-8H,3,6H2,1-2H3. The van der Waals surface area contributed by atoms with Gasteiger partial charge in [0.05, 0.1) is 17.8 Å². The summed E-state index contributed by atoms with van der Waals surface area (Å²) < 4.78 is 5.02. The Hall–Kier alpha value is -1.42. The molecule has 0 amide bonds. The van der Waals surface area contributed by atoms with Crippen LogP contribution in [-0.4, -0.2) is 17.1 Å². The summed E-state index contributed by atoms with van der Waals surface area (Å²) in [4.78, 5) is 8.70.